The Labute approximate surface area is 154 Å². The van der Waals surface area contributed by atoms with Crippen LogP contribution in [-0.2, 0) is 6.42 Å². The van der Waals surface area contributed by atoms with Crippen molar-refractivity contribution < 1.29 is 18.9 Å². The number of hydrogen-bond donors (Lipinski definition) is 0. The Balaban J connectivity index is 1.75. The number of hydrogen-bond acceptors (Lipinski definition) is 4. The molecule has 0 spiro atoms. The quantitative estimate of drug-likeness (QED) is 0.799. The van der Waals surface area contributed by atoms with Crippen LogP contribution in [0.5, 0.6) is 23.0 Å². The van der Waals surface area contributed by atoms with Crippen molar-refractivity contribution >= 4 is 11.6 Å². The van der Waals surface area contributed by atoms with Gasteiger partial charge in [-0.15, -0.1) is 0 Å². The number of rotatable bonds is 3. The van der Waals surface area contributed by atoms with E-state index >= 15 is 0 Å². The summed E-state index contributed by atoms with van der Waals surface area (Å²) in [6.45, 7) is 4.75. The van der Waals surface area contributed by atoms with Gasteiger partial charge in [0, 0.05) is 28.3 Å². The Bertz CT molecular complexity index is 880. The van der Waals surface area contributed by atoms with E-state index in [1.807, 2.05) is 18.2 Å². The Kier molecular flexibility index (Phi) is 4.06. The first-order chi connectivity index (χ1) is 12.5. The van der Waals surface area contributed by atoms with Gasteiger partial charge in [-0.25, -0.2) is 0 Å². The standard InChI is InChI=1S/C22H24O4/c1-22(2)10-9-18-19(26-22)8-7-17(21(18)24-4)15-11-14-5-6-16(23-3)12-20(14)25-13-15/h5-8,11-12H,9-10,13H2,1-4H3. The highest BCUT2D eigenvalue weighted by atomic mass is 16.5. The zero-order valence-electron chi connectivity index (χ0n) is 15.7. The van der Waals surface area contributed by atoms with Crippen molar-refractivity contribution in [3.05, 3.63) is 47.0 Å². The molecule has 26 heavy (non-hydrogen) atoms. The van der Waals surface area contributed by atoms with E-state index in [0.717, 1.165) is 58.1 Å². The van der Waals surface area contributed by atoms with Gasteiger partial charge >= 0.3 is 0 Å². The average molecular weight is 352 g/mol. The molecule has 4 nitrogen and oxygen atoms in total. The van der Waals surface area contributed by atoms with E-state index in [-0.39, 0.29) is 5.60 Å². The van der Waals surface area contributed by atoms with Gasteiger partial charge in [0.15, 0.2) is 0 Å². The maximum Gasteiger partial charge on any atom is 0.133 e. The normalized spacial score (nSPS) is 17.2. The summed E-state index contributed by atoms with van der Waals surface area (Å²) >= 11 is 0. The van der Waals surface area contributed by atoms with E-state index in [9.17, 15) is 0 Å². The van der Waals surface area contributed by atoms with Crippen LogP contribution in [0.2, 0.25) is 0 Å². The van der Waals surface area contributed by atoms with E-state index in [0.29, 0.717) is 6.61 Å². The Morgan fingerprint density at radius 2 is 1.85 bits per heavy atom. The summed E-state index contributed by atoms with van der Waals surface area (Å²) in [5, 5.41) is 0. The number of methoxy groups -OCH3 is 2. The molecule has 0 aliphatic carbocycles. The van der Waals surface area contributed by atoms with Crippen molar-refractivity contribution in [3.8, 4) is 23.0 Å². The SMILES string of the molecule is COc1ccc2c(c1)OCC(c1ccc3c(c1OC)CCC(C)(C)O3)=C2. The zero-order valence-corrected chi connectivity index (χ0v) is 15.7. The first-order valence-electron chi connectivity index (χ1n) is 8.91. The second kappa shape index (κ2) is 6.27. The third kappa shape index (κ3) is 2.90. The highest BCUT2D eigenvalue weighted by molar-refractivity contribution is 5.88. The molecule has 0 bridgehead atoms. The van der Waals surface area contributed by atoms with E-state index in [4.69, 9.17) is 18.9 Å². The van der Waals surface area contributed by atoms with Crippen LogP contribution in [0.4, 0.5) is 0 Å². The minimum absolute atomic E-state index is 0.134. The summed E-state index contributed by atoms with van der Waals surface area (Å²) in [6.07, 6.45) is 4.08. The van der Waals surface area contributed by atoms with Gasteiger partial charge in [-0.1, -0.05) is 0 Å². The first kappa shape index (κ1) is 16.8. The molecule has 0 radical (unpaired) electrons. The summed E-state index contributed by atoms with van der Waals surface area (Å²) in [5.41, 5.74) is 4.23. The average Bonchev–Trinajstić information content (AvgIpc) is 2.65. The van der Waals surface area contributed by atoms with Crippen molar-refractivity contribution in [1.29, 1.82) is 0 Å². The van der Waals surface area contributed by atoms with Crippen molar-refractivity contribution in [2.45, 2.75) is 32.3 Å². The Morgan fingerprint density at radius 3 is 2.62 bits per heavy atom. The molecule has 0 amide bonds. The van der Waals surface area contributed by atoms with Crippen molar-refractivity contribution in [3.63, 3.8) is 0 Å². The predicted octanol–water partition coefficient (Wildman–Crippen LogP) is 4.74. The molecular weight excluding hydrogens is 328 g/mol. The molecule has 2 aliphatic rings. The fourth-order valence-corrected chi connectivity index (χ4v) is 3.63. The third-order valence-corrected chi connectivity index (χ3v) is 5.06. The monoisotopic (exact) mass is 352 g/mol. The second-order valence-corrected chi connectivity index (χ2v) is 7.35. The molecular formula is C22H24O4. The number of benzene rings is 2. The lowest BCUT2D eigenvalue weighted by Gasteiger charge is -2.34. The Hall–Kier alpha value is -2.62. The fraction of sp³-hybridized carbons (Fsp3) is 0.364. The van der Waals surface area contributed by atoms with Crippen LogP contribution in [0.1, 0.15) is 37.0 Å². The summed E-state index contributed by atoms with van der Waals surface area (Å²) < 4.78 is 23.2. The van der Waals surface area contributed by atoms with Crippen LogP contribution >= 0.6 is 0 Å². The molecule has 0 unspecified atom stereocenters. The van der Waals surface area contributed by atoms with Gasteiger partial charge in [0.1, 0.15) is 35.2 Å². The van der Waals surface area contributed by atoms with Gasteiger partial charge in [-0.05, 0) is 57.0 Å². The maximum absolute atomic E-state index is 6.14. The van der Waals surface area contributed by atoms with E-state index in [1.54, 1.807) is 14.2 Å². The largest absolute Gasteiger partial charge is 0.497 e. The molecule has 0 saturated heterocycles. The minimum Gasteiger partial charge on any atom is -0.497 e. The molecule has 2 aromatic rings. The van der Waals surface area contributed by atoms with Crippen LogP contribution in [0.15, 0.2) is 30.3 Å². The van der Waals surface area contributed by atoms with Gasteiger partial charge in [0.2, 0.25) is 0 Å². The molecule has 0 saturated carbocycles. The van der Waals surface area contributed by atoms with Gasteiger partial charge < -0.3 is 18.9 Å². The van der Waals surface area contributed by atoms with Crippen LogP contribution in [0.3, 0.4) is 0 Å². The molecule has 0 N–H and O–H groups in total. The molecule has 0 atom stereocenters. The van der Waals surface area contributed by atoms with Crippen molar-refractivity contribution in [2.75, 3.05) is 20.8 Å². The summed E-state index contributed by atoms with van der Waals surface area (Å²) in [7, 11) is 3.38. The lowest BCUT2D eigenvalue weighted by Crippen LogP contribution is -2.32. The summed E-state index contributed by atoms with van der Waals surface area (Å²) in [6, 6.07) is 10.0. The van der Waals surface area contributed by atoms with Gasteiger partial charge in [-0.2, -0.15) is 0 Å². The van der Waals surface area contributed by atoms with E-state index < -0.39 is 0 Å². The third-order valence-electron chi connectivity index (χ3n) is 5.06. The number of ether oxygens (including phenoxy) is 4. The van der Waals surface area contributed by atoms with E-state index in [2.05, 4.69) is 32.1 Å². The van der Waals surface area contributed by atoms with Gasteiger partial charge in [0.25, 0.3) is 0 Å². The second-order valence-electron chi connectivity index (χ2n) is 7.35. The van der Waals surface area contributed by atoms with Crippen molar-refractivity contribution in [1.82, 2.24) is 0 Å². The lowest BCUT2D eigenvalue weighted by atomic mass is 9.90. The molecule has 136 valence electrons. The fourth-order valence-electron chi connectivity index (χ4n) is 3.63. The summed E-state index contributed by atoms with van der Waals surface area (Å²) in [5.74, 6) is 3.45. The zero-order chi connectivity index (χ0) is 18.3. The molecule has 0 aromatic heterocycles. The molecule has 2 heterocycles. The predicted molar refractivity (Wildman–Crippen MR) is 102 cm³/mol. The maximum atomic E-state index is 6.14. The smallest absolute Gasteiger partial charge is 0.133 e. The Morgan fingerprint density at radius 1 is 1.00 bits per heavy atom. The highest BCUT2D eigenvalue weighted by Crippen LogP contribution is 2.44. The lowest BCUT2D eigenvalue weighted by molar-refractivity contribution is 0.0836. The highest BCUT2D eigenvalue weighted by Gasteiger charge is 2.30. The minimum atomic E-state index is -0.134. The van der Waals surface area contributed by atoms with Crippen LogP contribution < -0.4 is 18.9 Å². The summed E-state index contributed by atoms with van der Waals surface area (Å²) in [4.78, 5) is 0. The molecule has 4 rings (SSSR count). The van der Waals surface area contributed by atoms with Gasteiger partial charge in [0.05, 0.1) is 14.2 Å². The topological polar surface area (TPSA) is 36.9 Å². The number of fused-ring (bicyclic) bond motifs is 2. The molecule has 2 aliphatic heterocycles. The van der Waals surface area contributed by atoms with Crippen molar-refractivity contribution in [2.24, 2.45) is 0 Å². The molecule has 4 heteroatoms. The molecule has 2 aromatic carbocycles. The van der Waals surface area contributed by atoms with E-state index in [1.165, 1.54) is 0 Å². The molecule has 0 fully saturated rings. The van der Waals surface area contributed by atoms with Crippen LogP contribution in [0.25, 0.3) is 11.6 Å². The van der Waals surface area contributed by atoms with Crippen LogP contribution in [0, 0.1) is 0 Å². The van der Waals surface area contributed by atoms with Gasteiger partial charge in [-0.3, -0.25) is 0 Å². The first-order valence-corrected chi connectivity index (χ1v) is 8.91. The van der Waals surface area contributed by atoms with Crippen LogP contribution in [-0.4, -0.2) is 26.4 Å².